The van der Waals surface area contributed by atoms with E-state index in [1.54, 1.807) is 0 Å². The van der Waals surface area contributed by atoms with Crippen molar-refractivity contribution >= 4 is 84.7 Å². The summed E-state index contributed by atoms with van der Waals surface area (Å²) in [5.41, 5.74) is 8.14. The van der Waals surface area contributed by atoms with Crippen LogP contribution in [-0.2, 0) is 0 Å². The van der Waals surface area contributed by atoms with Crippen LogP contribution in [0.1, 0.15) is 0 Å². The predicted molar refractivity (Wildman–Crippen MR) is 222 cm³/mol. The van der Waals surface area contributed by atoms with Crippen molar-refractivity contribution < 1.29 is 0 Å². The van der Waals surface area contributed by atoms with Gasteiger partial charge in [-0.15, -0.1) is 22.7 Å². The number of hydrogen-bond donors (Lipinski definition) is 0. The third kappa shape index (κ3) is 4.60. The van der Waals surface area contributed by atoms with Gasteiger partial charge in [-0.05, 0) is 41.1 Å². The molecule has 0 spiro atoms. The van der Waals surface area contributed by atoms with Crippen LogP contribution in [0.15, 0.2) is 164 Å². The number of thiophene rings is 2. The van der Waals surface area contributed by atoms with Crippen molar-refractivity contribution in [1.82, 2.24) is 15.0 Å². The molecule has 11 aromatic rings. The van der Waals surface area contributed by atoms with Gasteiger partial charge in [0.1, 0.15) is 0 Å². The van der Waals surface area contributed by atoms with Gasteiger partial charge in [-0.25, -0.2) is 15.0 Å². The standard InChI is InChI=1S/C47H27N3S2/c1-2-13-29(14-3-1)47-49-39(27-40(50-47)36-21-11-20-34-32-17-7-9-23-41(32)51-45(34)36)30-24-25-42-37(26-30)43-44(33-19-10-15-28-12-4-5-16-31(28)33)48-38-22-8-6-18-35(38)46(43)52-42/h1-27H. The van der Waals surface area contributed by atoms with Gasteiger partial charge in [0.15, 0.2) is 5.82 Å². The molecular formula is C47H27N3S2. The van der Waals surface area contributed by atoms with Gasteiger partial charge in [0.05, 0.1) is 22.6 Å². The van der Waals surface area contributed by atoms with Gasteiger partial charge < -0.3 is 0 Å². The van der Waals surface area contributed by atoms with Crippen molar-refractivity contribution in [2.45, 2.75) is 0 Å². The molecule has 0 aliphatic heterocycles. The molecule has 5 heteroatoms. The molecule has 4 heterocycles. The summed E-state index contributed by atoms with van der Waals surface area (Å²) in [6.45, 7) is 0. The van der Waals surface area contributed by atoms with E-state index in [1.165, 1.54) is 56.5 Å². The van der Waals surface area contributed by atoms with Gasteiger partial charge in [-0.2, -0.15) is 0 Å². The molecule has 11 rings (SSSR count). The van der Waals surface area contributed by atoms with Crippen LogP contribution in [0.2, 0.25) is 0 Å². The molecule has 0 aliphatic rings. The molecular weight excluding hydrogens is 671 g/mol. The Kier molecular flexibility index (Phi) is 6.59. The maximum absolute atomic E-state index is 5.39. The maximum atomic E-state index is 5.39. The van der Waals surface area contributed by atoms with E-state index in [4.69, 9.17) is 15.0 Å². The lowest BCUT2D eigenvalue weighted by Crippen LogP contribution is -1.96. The van der Waals surface area contributed by atoms with E-state index < -0.39 is 0 Å². The summed E-state index contributed by atoms with van der Waals surface area (Å²) in [5, 5.41) is 8.49. The minimum Gasteiger partial charge on any atom is -0.247 e. The smallest absolute Gasteiger partial charge is 0.160 e. The van der Waals surface area contributed by atoms with Gasteiger partial charge >= 0.3 is 0 Å². The zero-order valence-electron chi connectivity index (χ0n) is 27.7. The first kappa shape index (κ1) is 29.5. The summed E-state index contributed by atoms with van der Waals surface area (Å²) in [5.74, 6) is 0.714. The van der Waals surface area contributed by atoms with Gasteiger partial charge in [0.2, 0.25) is 0 Å². The van der Waals surface area contributed by atoms with E-state index in [1.807, 2.05) is 40.9 Å². The summed E-state index contributed by atoms with van der Waals surface area (Å²) < 4.78 is 5.00. The molecule has 0 N–H and O–H groups in total. The van der Waals surface area contributed by atoms with Crippen molar-refractivity contribution in [3.8, 4) is 45.2 Å². The number of pyridine rings is 1. The zero-order valence-corrected chi connectivity index (χ0v) is 29.4. The van der Waals surface area contributed by atoms with Crippen LogP contribution in [0.4, 0.5) is 0 Å². The normalized spacial score (nSPS) is 11.8. The van der Waals surface area contributed by atoms with E-state index in [9.17, 15) is 0 Å². The van der Waals surface area contributed by atoms with Crippen LogP contribution in [0.25, 0.3) is 107 Å². The van der Waals surface area contributed by atoms with E-state index in [2.05, 4.69) is 146 Å². The third-order valence-corrected chi connectivity index (χ3v) is 12.5. The number of rotatable bonds is 4. The van der Waals surface area contributed by atoms with Crippen LogP contribution < -0.4 is 0 Å². The highest BCUT2D eigenvalue weighted by Gasteiger charge is 2.20. The minimum atomic E-state index is 0.714. The van der Waals surface area contributed by atoms with Crippen molar-refractivity contribution in [1.29, 1.82) is 0 Å². The number of nitrogens with zero attached hydrogens (tertiary/aromatic N) is 3. The fourth-order valence-corrected chi connectivity index (χ4v) is 10.1. The Morgan fingerprint density at radius 1 is 0.385 bits per heavy atom. The van der Waals surface area contributed by atoms with Crippen LogP contribution in [0, 0.1) is 0 Å². The summed E-state index contributed by atoms with van der Waals surface area (Å²) in [6.07, 6.45) is 0. The lowest BCUT2D eigenvalue weighted by Gasteiger charge is -2.11. The Balaban J connectivity index is 1.18. The van der Waals surface area contributed by atoms with E-state index >= 15 is 0 Å². The summed E-state index contributed by atoms with van der Waals surface area (Å²) in [4.78, 5) is 15.9. The molecule has 0 saturated carbocycles. The second kappa shape index (κ2) is 11.6. The Hall–Kier alpha value is -6.27. The number of fused-ring (bicyclic) bond motifs is 9. The maximum Gasteiger partial charge on any atom is 0.160 e. The van der Waals surface area contributed by atoms with Crippen molar-refractivity contribution in [3.63, 3.8) is 0 Å². The second-order valence-electron chi connectivity index (χ2n) is 13.1. The molecule has 242 valence electrons. The van der Waals surface area contributed by atoms with Crippen molar-refractivity contribution in [2.24, 2.45) is 0 Å². The number of aromatic nitrogens is 3. The largest absolute Gasteiger partial charge is 0.247 e. The Bertz CT molecular complexity index is 3190. The van der Waals surface area contributed by atoms with E-state index in [-0.39, 0.29) is 0 Å². The van der Waals surface area contributed by atoms with Crippen molar-refractivity contribution in [3.05, 3.63) is 164 Å². The lowest BCUT2D eigenvalue weighted by atomic mass is 9.97. The van der Waals surface area contributed by atoms with Gasteiger partial charge in [0.25, 0.3) is 0 Å². The van der Waals surface area contributed by atoms with Gasteiger partial charge in [-0.1, -0.05) is 133 Å². The Morgan fingerprint density at radius 2 is 1.06 bits per heavy atom. The van der Waals surface area contributed by atoms with Crippen LogP contribution in [-0.4, -0.2) is 15.0 Å². The van der Waals surface area contributed by atoms with Crippen molar-refractivity contribution in [2.75, 3.05) is 0 Å². The number of para-hydroxylation sites is 1. The first-order chi connectivity index (χ1) is 25.8. The molecule has 3 nitrogen and oxygen atoms in total. The van der Waals surface area contributed by atoms with Crippen LogP contribution >= 0.6 is 22.7 Å². The molecule has 0 radical (unpaired) electrons. The Labute approximate surface area is 307 Å². The quantitative estimate of drug-likeness (QED) is 0.184. The monoisotopic (exact) mass is 697 g/mol. The van der Waals surface area contributed by atoms with Crippen LogP contribution in [0.5, 0.6) is 0 Å². The third-order valence-electron chi connectivity index (χ3n) is 10.1. The highest BCUT2D eigenvalue weighted by Crippen LogP contribution is 2.46. The fourth-order valence-electron chi connectivity index (χ4n) is 7.65. The van der Waals surface area contributed by atoms with Gasteiger partial charge in [0, 0.05) is 68.0 Å². The topological polar surface area (TPSA) is 38.7 Å². The van der Waals surface area contributed by atoms with Gasteiger partial charge in [-0.3, -0.25) is 0 Å². The lowest BCUT2D eigenvalue weighted by molar-refractivity contribution is 1.19. The van der Waals surface area contributed by atoms with E-state index in [0.29, 0.717) is 5.82 Å². The molecule has 7 aromatic carbocycles. The summed E-state index contributed by atoms with van der Waals surface area (Å²) >= 11 is 3.67. The average molecular weight is 698 g/mol. The highest BCUT2D eigenvalue weighted by atomic mass is 32.1. The van der Waals surface area contributed by atoms with E-state index in [0.717, 1.165) is 44.9 Å². The van der Waals surface area contributed by atoms with Crippen LogP contribution in [0.3, 0.4) is 0 Å². The summed E-state index contributed by atoms with van der Waals surface area (Å²) in [7, 11) is 0. The molecule has 0 unspecified atom stereocenters. The molecule has 0 aliphatic carbocycles. The zero-order chi connectivity index (χ0) is 34.2. The minimum absolute atomic E-state index is 0.714. The molecule has 0 saturated heterocycles. The molecule has 52 heavy (non-hydrogen) atoms. The number of benzene rings is 7. The number of hydrogen-bond acceptors (Lipinski definition) is 5. The second-order valence-corrected chi connectivity index (χ2v) is 15.2. The Morgan fingerprint density at radius 3 is 1.98 bits per heavy atom. The average Bonchev–Trinajstić information content (AvgIpc) is 3.79. The molecule has 4 aromatic heterocycles. The first-order valence-electron chi connectivity index (χ1n) is 17.4. The SMILES string of the molecule is c1ccc(-c2nc(-c3ccc4sc5c6ccccc6nc(-c6cccc7ccccc67)c5c4c3)cc(-c3cccc4c3sc3ccccc34)n2)cc1. The predicted octanol–water partition coefficient (Wildman–Crippen LogP) is 13.6. The first-order valence-corrected chi connectivity index (χ1v) is 19.0. The molecule has 0 atom stereocenters. The summed E-state index contributed by atoms with van der Waals surface area (Å²) in [6, 6.07) is 58.1. The fraction of sp³-hybridized carbons (Fsp3) is 0. The molecule has 0 fully saturated rings. The molecule has 0 bridgehead atoms. The highest BCUT2D eigenvalue weighted by molar-refractivity contribution is 7.27. The molecule has 0 amide bonds.